The number of aryl methyl sites for hydroxylation is 2. The van der Waals surface area contributed by atoms with Gasteiger partial charge >= 0.3 is 0 Å². The Morgan fingerprint density at radius 2 is 1.91 bits per heavy atom. The second-order valence-electron chi connectivity index (χ2n) is 5.41. The van der Waals surface area contributed by atoms with Crippen molar-refractivity contribution in [2.24, 2.45) is 0 Å². The maximum Gasteiger partial charge on any atom is 0.250 e. The summed E-state index contributed by atoms with van der Waals surface area (Å²) in [5.41, 5.74) is 0.982. The fourth-order valence-electron chi connectivity index (χ4n) is 2.19. The minimum Gasteiger partial charge on any atom is -0.491 e. The van der Waals surface area contributed by atoms with Crippen LogP contribution in [0.1, 0.15) is 12.0 Å². The van der Waals surface area contributed by atoms with Crippen molar-refractivity contribution in [2.45, 2.75) is 19.9 Å². The summed E-state index contributed by atoms with van der Waals surface area (Å²) in [7, 11) is 1.75. The first-order valence-electron chi connectivity index (χ1n) is 7.66. The molecule has 2 rings (SSSR count). The molecule has 122 valence electrons. The minimum atomic E-state index is -0.0918. The molecular weight excluding hydrogens is 292 g/mol. The van der Waals surface area contributed by atoms with Crippen LogP contribution in [0.5, 0.6) is 5.75 Å². The molecule has 0 atom stereocenters. The Bertz CT molecular complexity index is 709. The number of aromatic nitrogens is 1. The second kappa shape index (κ2) is 8.17. The van der Waals surface area contributed by atoms with Gasteiger partial charge in [0, 0.05) is 32.3 Å². The van der Waals surface area contributed by atoms with Gasteiger partial charge in [0.05, 0.1) is 6.54 Å². The van der Waals surface area contributed by atoms with Crippen LogP contribution < -0.4 is 10.3 Å². The summed E-state index contributed by atoms with van der Waals surface area (Å²) in [6, 6.07) is 12.8. The molecule has 0 fully saturated rings. The number of ether oxygens (including phenoxy) is 1. The normalized spacial score (nSPS) is 10.3. The molecule has 0 aliphatic carbocycles. The predicted octanol–water partition coefficient (Wildman–Crippen LogP) is 2.08. The van der Waals surface area contributed by atoms with E-state index < -0.39 is 0 Å². The lowest BCUT2D eigenvalue weighted by Crippen LogP contribution is -2.32. The van der Waals surface area contributed by atoms with Gasteiger partial charge in [-0.05, 0) is 24.6 Å². The molecule has 5 nitrogen and oxygen atoms in total. The molecule has 1 amide bonds. The van der Waals surface area contributed by atoms with Crippen LogP contribution in [-0.2, 0) is 11.3 Å². The maximum atomic E-state index is 12.1. The number of amides is 1. The van der Waals surface area contributed by atoms with Crippen molar-refractivity contribution in [1.82, 2.24) is 9.47 Å². The average molecular weight is 314 g/mol. The number of likely N-dealkylation sites (N-methyl/N-ethyl adjacent to an activating group) is 1. The highest BCUT2D eigenvalue weighted by molar-refractivity contribution is 5.75. The fraction of sp³-hybridized carbons (Fsp3) is 0.333. The van der Waals surface area contributed by atoms with Crippen LogP contribution in [0.3, 0.4) is 0 Å². The molecule has 0 unspecified atom stereocenters. The summed E-state index contributed by atoms with van der Waals surface area (Å²) in [5, 5.41) is 0. The summed E-state index contributed by atoms with van der Waals surface area (Å²) < 4.78 is 7.23. The van der Waals surface area contributed by atoms with E-state index in [1.54, 1.807) is 30.3 Å². The number of rotatable bonds is 7. The topological polar surface area (TPSA) is 51.5 Å². The van der Waals surface area contributed by atoms with Gasteiger partial charge in [0.15, 0.2) is 0 Å². The Kier molecular flexibility index (Phi) is 5.97. The van der Waals surface area contributed by atoms with Crippen molar-refractivity contribution < 1.29 is 9.53 Å². The first-order valence-corrected chi connectivity index (χ1v) is 7.66. The molecule has 0 aliphatic rings. The number of nitrogens with zero attached hydrogens (tertiary/aromatic N) is 2. The summed E-state index contributed by atoms with van der Waals surface area (Å²) in [6.07, 6.45) is 1.99. The van der Waals surface area contributed by atoms with Crippen LogP contribution >= 0.6 is 0 Å². The Morgan fingerprint density at radius 3 is 2.65 bits per heavy atom. The zero-order valence-corrected chi connectivity index (χ0v) is 13.6. The van der Waals surface area contributed by atoms with E-state index >= 15 is 0 Å². The van der Waals surface area contributed by atoms with E-state index in [9.17, 15) is 9.59 Å². The summed E-state index contributed by atoms with van der Waals surface area (Å²) in [5.74, 6) is 0.832. The van der Waals surface area contributed by atoms with E-state index in [4.69, 9.17) is 4.74 Å². The number of pyridine rings is 1. The van der Waals surface area contributed by atoms with Gasteiger partial charge in [0.2, 0.25) is 5.91 Å². The predicted molar refractivity (Wildman–Crippen MR) is 89.6 cm³/mol. The van der Waals surface area contributed by atoms with Crippen LogP contribution in [0.25, 0.3) is 0 Å². The molecule has 5 heteroatoms. The van der Waals surface area contributed by atoms with Gasteiger partial charge in [0.1, 0.15) is 12.4 Å². The van der Waals surface area contributed by atoms with Gasteiger partial charge in [-0.25, -0.2) is 0 Å². The van der Waals surface area contributed by atoms with Gasteiger partial charge in [-0.3, -0.25) is 9.59 Å². The molecule has 1 aromatic heterocycles. The highest BCUT2D eigenvalue weighted by atomic mass is 16.5. The monoisotopic (exact) mass is 314 g/mol. The van der Waals surface area contributed by atoms with E-state index in [1.165, 1.54) is 10.6 Å². The number of hydrogen-bond donors (Lipinski definition) is 0. The third kappa shape index (κ3) is 4.98. The molecule has 1 heterocycles. The van der Waals surface area contributed by atoms with Crippen molar-refractivity contribution in [3.63, 3.8) is 0 Å². The molecule has 0 saturated heterocycles. The zero-order chi connectivity index (χ0) is 16.7. The highest BCUT2D eigenvalue weighted by Crippen LogP contribution is 2.15. The second-order valence-corrected chi connectivity index (χ2v) is 5.41. The van der Waals surface area contributed by atoms with Gasteiger partial charge in [-0.1, -0.05) is 24.3 Å². The van der Waals surface area contributed by atoms with Crippen molar-refractivity contribution in [1.29, 1.82) is 0 Å². The summed E-state index contributed by atoms with van der Waals surface area (Å²) in [4.78, 5) is 25.3. The third-order valence-corrected chi connectivity index (χ3v) is 3.67. The largest absolute Gasteiger partial charge is 0.491 e. The maximum absolute atomic E-state index is 12.1. The van der Waals surface area contributed by atoms with E-state index in [0.29, 0.717) is 26.1 Å². The Labute approximate surface area is 136 Å². The molecule has 0 radical (unpaired) electrons. The van der Waals surface area contributed by atoms with Crippen LogP contribution in [0.15, 0.2) is 53.5 Å². The fourth-order valence-corrected chi connectivity index (χ4v) is 2.19. The Hall–Kier alpha value is -2.56. The van der Waals surface area contributed by atoms with Gasteiger partial charge in [0.25, 0.3) is 5.56 Å². The van der Waals surface area contributed by atoms with Crippen LogP contribution in [-0.4, -0.2) is 35.6 Å². The van der Waals surface area contributed by atoms with Gasteiger partial charge in [-0.2, -0.15) is 0 Å². The lowest BCUT2D eigenvalue weighted by molar-refractivity contribution is -0.130. The van der Waals surface area contributed by atoms with Crippen molar-refractivity contribution >= 4 is 5.91 Å². The van der Waals surface area contributed by atoms with Gasteiger partial charge < -0.3 is 14.2 Å². The summed E-state index contributed by atoms with van der Waals surface area (Å²) in [6.45, 7) is 3.33. The highest BCUT2D eigenvalue weighted by Gasteiger charge is 2.09. The molecule has 0 spiro atoms. The van der Waals surface area contributed by atoms with Crippen molar-refractivity contribution in [3.8, 4) is 5.75 Å². The molecule has 2 aromatic rings. The van der Waals surface area contributed by atoms with Crippen LogP contribution in [0, 0.1) is 6.92 Å². The van der Waals surface area contributed by atoms with E-state index in [-0.39, 0.29) is 11.5 Å². The molecule has 23 heavy (non-hydrogen) atoms. The Morgan fingerprint density at radius 1 is 1.17 bits per heavy atom. The molecule has 0 aliphatic heterocycles. The summed E-state index contributed by atoms with van der Waals surface area (Å²) >= 11 is 0. The number of carbonyl (C=O) groups excluding carboxylic acids is 1. The SMILES string of the molecule is Cc1ccccc1OCCN(C)C(=O)CCn1ccccc1=O. The van der Waals surface area contributed by atoms with E-state index in [1.807, 2.05) is 31.2 Å². The first-order chi connectivity index (χ1) is 11.1. The number of benzene rings is 1. The first kappa shape index (κ1) is 16.8. The minimum absolute atomic E-state index is 0.00543. The number of hydrogen-bond acceptors (Lipinski definition) is 3. The van der Waals surface area contributed by atoms with E-state index in [2.05, 4.69) is 0 Å². The van der Waals surface area contributed by atoms with Crippen LogP contribution in [0.4, 0.5) is 0 Å². The smallest absolute Gasteiger partial charge is 0.250 e. The lowest BCUT2D eigenvalue weighted by atomic mass is 10.2. The van der Waals surface area contributed by atoms with Crippen molar-refractivity contribution in [3.05, 3.63) is 64.6 Å². The number of para-hydroxylation sites is 1. The molecule has 0 bridgehead atoms. The average Bonchev–Trinajstić information content (AvgIpc) is 2.55. The lowest BCUT2D eigenvalue weighted by Gasteiger charge is -2.18. The van der Waals surface area contributed by atoms with Crippen molar-refractivity contribution in [2.75, 3.05) is 20.2 Å². The number of carbonyl (C=O) groups is 1. The van der Waals surface area contributed by atoms with E-state index in [0.717, 1.165) is 11.3 Å². The standard InChI is InChI=1S/C18H22N2O3/c1-15-7-3-4-8-16(15)23-14-13-19(2)17(21)10-12-20-11-6-5-9-18(20)22/h3-9,11H,10,12-14H2,1-2H3. The quantitative estimate of drug-likeness (QED) is 0.786. The third-order valence-electron chi connectivity index (χ3n) is 3.67. The molecular formula is C18H22N2O3. The molecule has 0 saturated carbocycles. The molecule has 0 N–H and O–H groups in total. The zero-order valence-electron chi connectivity index (χ0n) is 13.6. The Balaban J connectivity index is 1.76. The van der Waals surface area contributed by atoms with Gasteiger partial charge in [-0.15, -0.1) is 0 Å². The van der Waals surface area contributed by atoms with Crippen LogP contribution in [0.2, 0.25) is 0 Å². The molecule has 1 aromatic carbocycles.